The lowest BCUT2D eigenvalue weighted by Crippen LogP contribution is -2.05. The SMILES string of the molecule is CNCc1cnc(Sc2ccc(F)c(F)c2)nc1. The van der Waals surface area contributed by atoms with Crippen molar-refractivity contribution < 1.29 is 8.78 Å². The Morgan fingerprint density at radius 2 is 1.89 bits per heavy atom. The van der Waals surface area contributed by atoms with Crippen molar-refractivity contribution in [3.63, 3.8) is 0 Å². The lowest BCUT2D eigenvalue weighted by molar-refractivity contribution is 0.506. The molecule has 0 spiro atoms. The Morgan fingerprint density at radius 1 is 1.17 bits per heavy atom. The van der Waals surface area contributed by atoms with E-state index in [1.807, 2.05) is 7.05 Å². The van der Waals surface area contributed by atoms with Crippen LogP contribution in [0.5, 0.6) is 0 Å². The maximum Gasteiger partial charge on any atom is 0.192 e. The van der Waals surface area contributed by atoms with Gasteiger partial charge in [0.1, 0.15) is 0 Å². The molecule has 0 aliphatic carbocycles. The smallest absolute Gasteiger partial charge is 0.192 e. The van der Waals surface area contributed by atoms with E-state index in [9.17, 15) is 8.78 Å². The molecule has 0 unspecified atom stereocenters. The van der Waals surface area contributed by atoms with Crippen LogP contribution in [0.2, 0.25) is 0 Å². The molecule has 0 saturated heterocycles. The molecule has 0 atom stereocenters. The second-order valence-corrected chi connectivity index (χ2v) is 4.62. The third-order valence-electron chi connectivity index (χ3n) is 2.16. The van der Waals surface area contributed by atoms with E-state index in [1.54, 1.807) is 12.4 Å². The van der Waals surface area contributed by atoms with Gasteiger partial charge in [-0.1, -0.05) is 0 Å². The van der Waals surface area contributed by atoms with Crippen LogP contribution in [0.4, 0.5) is 8.78 Å². The van der Waals surface area contributed by atoms with Crippen molar-refractivity contribution >= 4 is 11.8 Å². The van der Waals surface area contributed by atoms with Crippen molar-refractivity contribution in [1.82, 2.24) is 15.3 Å². The summed E-state index contributed by atoms with van der Waals surface area (Å²) in [7, 11) is 1.84. The van der Waals surface area contributed by atoms with Gasteiger partial charge >= 0.3 is 0 Å². The molecule has 0 bridgehead atoms. The van der Waals surface area contributed by atoms with Crippen LogP contribution in [-0.4, -0.2) is 17.0 Å². The molecule has 1 aromatic carbocycles. The molecule has 1 heterocycles. The molecule has 1 aromatic heterocycles. The van der Waals surface area contributed by atoms with Gasteiger partial charge in [0.25, 0.3) is 0 Å². The highest BCUT2D eigenvalue weighted by atomic mass is 32.2. The van der Waals surface area contributed by atoms with Crippen molar-refractivity contribution in [2.75, 3.05) is 7.05 Å². The van der Waals surface area contributed by atoms with Crippen molar-refractivity contribution in [2.24, 2.45) is 0 Å². The maximum atomic E-state index is 13.0. The minimum atomic E-state index is -0.869. The third-order valence-corrected chi connectivity index (χ3v) is 3.05. The largest absolute Gasteiger partial charge is 0.316 e. The predicted molar refractivity (Wildman–Crippen MR) is 65.3 cm³/mol. The van der Waals surface area contributed by atoms with E-state index in [2.05, 4.69) is 15.3 Å². The van der Waals surface area contributed by atoms with Crippen molar-refractivity contribution in [3.05, 3.63) is 47.8 Å². The number of rotatable bonds is 4. The first-order valence-electron chi connectivity index (χ1n) is 5.27. The number of aromatic nitrogens is 2. The van der Waals surface area contributed by atoms with Gasteiger partial charge in [-0.25, -0.2) is 18.7 Å². The van der Waals surface area contributed by atoms with E-state index >= 15 is 0 Å². The van der Waals surface area contributed by atoms with E-state index in [-0.39, 0.29) is 0 Å². The molecule has 6 heteroatoms. The first kappa shape index (κ1) is 12.9. The highest BCUT2D eigenvalue weighted by Crippen LogP contribution is 2.25. The van der Waals surface area contributed by atoms with Crippen molar-refractivity contribution in [3.8, 4) is 0 Å². The first-order chi connectivity index (χ1) is 8.69. The molecule has 0 radical (unpaired) electrons. The molecule has 0 aliphatic heterocycles. The Hall–Kier alpha value is -1.53. The predicted octanol–water partition coefficient (Wildman–Crippen LogP) is 2.63. The van der Waals surface area contributed by atoms with Gasteiger partial charge in [0.05, 0.1) is 0 Å². The van der Waals surface area contributed by atoms with Crippen molar-refractivity contribution in [1.29, 1.82) is 0 Å². The lowest BCUT2D eigenvalue weighted by atomic mass is 10.3. The van der Waals surface area contributed by atoms with Crippen LogP contribution >= 0.6 is 11.8 Å². The zero-order chi connectivity index (χ0) is 13.0. The van der Waals surface area contributed by atoms with E-state index in [0.29, 0.717) is 16.6 Å². The molecule has 0 saturated carbocycles. The number of hydrogen-bond donors (Lipinski definition) is 1. The maximum absolute atomic E-state index is 13.0. The van der Waals surface area contributed by atoms with Gasteiger partial charge in [0.15, 0.2) is 16.8 Å². The summed E-state index contributed by atoms with van der Waals surface area (Å²) in [5, 5.41) is 3.49. The average Bonchev–Trinajstić information content (AvgIpc) is 2.37. The normalized spacial score (nSPS) is 10.6. The average molecular weight is 267 g/mol. The summed E-state index contributed by atoms with van der Waals surface area (Å²) in [4.78, 5) is 8.85. The quantitative estimate of drug-likeness (QED) is 0.864. The van der Waals surface area contributed by atoms with Gasteiger partial charge < -0.3 is 5.32 Å². The number of nitrogens with one attached hydrogen (secondary N) is 1. The molecule has 0 amide bonds. The van der Waals surface area contributed by atoms with Gasteiger partial charge in [-0.05, 0) is 37.0 Å². The van der Waals surface area contributed by atoms with Crippen LogP contribution in [0.3, 0.4) is 0 Å². The summed E-state index contributed by atoms with van der Waals surface area (Å²) in [6, 6.07) is 3.71. The van der Waals surface area contributed by atoms with Crippen LogP contribution in [0, 0.1) is 11.6 Å². The zero-order valence-corrected chi connectivity index (χ0v) is 10.5. The van der Waals surface area contributed by atoms with Crippen LogP contribution in [-0.2, 0) is 6.54 Å². The molecular weight excluding hydrogens is 256 g/mol. The third kappa shape index (κ3) is 3.24. The number of hydrogen-bond acceptors (Lipinski definition) is 4. The van der Waals surface area contributed by atoms with Crippen LogP contribution in [0.25, 0.3) is 0 Å². The fourth-order valence-corrected chi connectivity index (χ4v) is 2.06. The summed E-state index contributed by atoms with van der Waals surface area (Å²) in [5.41, 5.74) is 0.965. The van der Waals surface area contributed by atoms with E-state index in [4.69, 9.17) is 0 Å². The van der Waals surface area contributed by atoms with Gasteiger partial charge in [-0.3, -0.25) is 0 Å². The summed E-state index contributed by atoms with van der Waals surface area (Å²) < 4.78 is 25.8. The molecule has 18 heavy (non-hydrogen) atoms. The Morgan fingerprint density at radius 3 is 2.50 bits per heavy atom. The monoisotopic (exact) mass is 267 g/mol. The molecule has 3 nitrogen and oxygen atoms in total. The van der Waals surface area contributed by atoms with Gasteiger partial charge in [-0.2, -0.15) is 0 Å². The molecule has 2 aromatic rings. The van der Waals surface area contributed by atoms with Crippen LogP contribution in [0.1, 0.15) is 5.56 Å². The standard InChI is InChI=1S/C12H11F2N3S/c1-15-5-8-6-16-12(17-7-8)18-9-2-3-10(13)11(14)4-9/h2-4,6-7,15H,5H2,1H3. The Balaban J connectivity index is 2.10. The minimum Gasteiger partial charge on any atom is -0.316 e. The molecule has 1 N–H and O–H groups in total. The molecule has 0 aliphatic rings. The second-order valence-electron chi connectivity index (χ2n) is 3.58. The molecule has 0 fully saturated rings. The molecule has 2 rings (SSSR count). The Bertz CT molecular complexity index is 531. The molecule has 94 valence electrons. The second kappa shape index (κ2) is 5.88. The summed E-state index contributed by atoms with van der Waals surface area (Å²) in [6.07, 6.45) is 3.40. The lowest BCUT2D eigenvalue weighted by Gasteiger charge is -2.02. The fraction of sp³-hybridized carbons (Fsp3) is 0.167. The summed E-state index contributed by atoms with van der Waals surface area (Å²) >= 11 is 1.19. The Kier molecular flexibility index (Phi) is 4.22. The number of halogens is 2. The van der Waals surface area contributed by atoms with Crippen LogP contribution < -0.4 is 5.32 Å². The summed E-state index contributed by atoms with van der Waals surface area (Å²) in [5.74, 6) is -1.73. The highest BCUT2D eigenvalue weighted by Gasteiger charge is 2.05. The number of nitrogens with zero attached hydrogens (tertiary/aromatic N) is 2. The van der Waals surface area contributed by atoms with Crippen molar-refractivity contribution in [2.45, 2.75) is 16.6 Å². The zero-order valence-electron chi connectivity index (χ0n) is 9.65. The first-order valence-corrected chi connectivity index (χ1v) is 6.09. The molecular formula is C12H11F2N3S. The topological polar surface area (TPSA) is 37.8 Å². The van der Waals surface area contributed by atoms with Gasteiger partial charge in [0, 0.05) is 29.4 Å². The fourth-order valence-electron chi connectivity index (χ4n) is 1.34. The van der Waals surface area contributed by atoms with E-state index < -0.39 is 11.6 Å². The summed E-state index contributed by atoms with van der Waals surface area (Å²) in [6.45, 7) is 0.691. The highest BCUT2D eigenvalue weighted by molar-refractivity contribution is 7.99. The van der Waals surface area contributed by atoms with E-state index in [0.717, 1.165) is 17.7 Å². The van der Waals surface area contributed by atoms with E-state index in [1.165, 1.54) is 17.8 Å². The minimum absolute atomic E-state index is 0.501. The van der Waals surface area contributed by atoms with Crippen LogP contribution in [0.15, 0.2) is 40.6 Å². The van der Waals surface area contributed by atoms with Gasteiger partial charge in [0.2, 0.25) is 0 Å². The number of benzene rings is 1. The Labute approximate surface area is 108 Å². The van der Waals surface area contributed by atoms with Gasteiger partial charge in [-0.15, -0.1) is 0 Å².